The Morgan fingerprint density at radius 1 is 1.60 bits per heavy atom. The maximum absolute atomic E-state index is 10.5. The van der Waals surface area contributed by atoms with Crippen molar-refractivity contribution < 1.29 is 9.90 Å². The molecule has 0 spiro atoms. The van der Waals surface area contributed by atoms with Gasteiger partial charge in [-0.15, -0.1) is 0 Å². The fourth-order valence-corrected chi connectivity index (χ4v) is 1.23. The van der Waals surface area contributed by atoms with Gasteiger partial charge >= 0.3 is 5.97 Å². The van der Waals surface area contributed by atoms with Gasteiger partial charge in [-0.1, -0.05) is 0 Å². The molecule has 78 valence electrons. The smallest absolute Gasteiger partial charge is 0.305 e. The SMILES string of the molecule is NC(CC(=O)O)c1cnc2ncnn2c1. The van der Waals surface area contributed by atoms with Crippen LogP contribution in [0, 0.1) is 0 Å². The van der Waals surface area contributed by atoms with Crippen LogP contribution in [0.4, 0.5) is 0 Å². The summed E-state index contributed by atoms with van der Waals surface area (Å²) in [5.74, 6) is -0.484. The van der Waals surface area contributed by atoms with Crippen LogP contribution in [0.3, 0.4) is 0 Å². The first kappa shape index (κ1) is 9.53. The van der Waals surface area contributed by atoms with E-state index in [9.17, 15) is 4.79 Å². The number of carboxylic acids is 1. The predicted octanol–water partition coefficient (Wildman–Crippen LogP) is -0.401. The lowest BCUT2D eigenvalue weighted by molar-refractivity contribution is -0.137. The van der Waals surface area contributed by atoms with Gasteiger partial charge < -0.3 is 10.8 Å². The van der Waals surface area contributed by atoms with E-state index in [-0.39, 0.29) is 6.42 Å². The van der Waals surface area contributed by atoms with Gasteiger partial charge in [-0.3, -0.25) is 4.79 Å². The molecule has 2 aromatic heterocycles. The van der Waals surface area contributed by atoms with Gasteiger partial charge in [-0.2, -0.15) is 10.1 Å². The van der Waals surface area contributed by atoms with E-state index in [0.717, 1.165) is 0 Å². The summed E-state index contributed by atoms with van der Waals surface area (Å²) in [6, 6.07) is -0.580. The number of fused-ring (bicyclic) bond motifs is 1. The van der Waals surface area contributed by atoms with Crippen LogP contribution in [0.2, 0.25) is 0 Å². The number of hydrogen-bond acceptors (Lipinski definition) is 5. The molecule has 2 aromatic rings. The second kappa shape index (κ2) is 3.62. The lowest BCUT2D eigenvalue weighted by Gasteiger charge is -2.07. The molecule has 7 heteroatoms. The van der Waals surface area contributed by atoms with Crippen molar-refractivity contribution in [1.82, 2.24) is 19.6 Å². The summed E-state index contributed by atoms with van der Waals surface area (Å²) in [6.07, 6.45) is 4.37. The van der Waals surface area contributed by atoms with Crippen molar-refractivity contribution in [1.29, 1.82) is 0 Å². The van der Waals surface area contributed by atoms with Gasteiger partial charge in [0.05, 0.1) is 6.42 Å². The van der Waals surface area contributed by atoms with E-state index in [4.69, 9.17) is 10.8 Å². The van der Waals surface area contributed by atoms with Crippen LogP contribution in [-0.2, 0) is 4.79 Å². The molecule has 15 heavy (non-hydrogen) atoms. The van der Waals surface area contributed by atoms with Gasteiger partial charge in [-0.05, 0) is 0 Å². The second-order valence-electron chi connectivity index (χ2n) is 3.10. The summed E-state index contributed by atoms with van der Waals surface area (Å²) in [5, 5.41) is 12.5. The lowest BCUT2D eigenvalue weighted by atomic mass is 10.1. The molecule has 0 fully saturated rings. The van der Waals surface area contributed by atoms with Gasteiger partial charge in [0.25, 0.3) is 5.78 Å². The molecule has 0 bridgehead atoms. The van der Waals surface area contributed by atoms with Crippen LogP contribution in [0.15, 0.2) is 18.7 Å². The zero-order valence-electron chi connectivity index (χ0n) is 7.74. The Morgan fingerprint density at radius 3 is 3.13 bits per heavy atom. The number of nitrogens with two attached hydrogens (primary N) is 1. The zero-order valence-corrected chi connectivity index (χ0v) is 7.74. The van der Waals surface area contributed by atoms with E-state index >= 15 is 0 Å². The molecule has 3 N–H and O–H groups in total. The van der Waals surface area contributed by atoms with Crippen LogP contribution in [0.25, 0.3) is 5.78 Å². The molecule has 0 radical (unpaired) electrons. The fourth-order valence-electron chi connectivity index (χ4n) is 1.23. The summed E-state index contributed by atoms with van der Waals surface area (Å²) >= 11 is 0. The van der Waals surface area contributed by atoms with E-state index in [0.29, 0.717) is 11.3 Å². The van der Waals surface area contributed by atoms with Gasteiger partial charge in [0.1, 0.15) is 6.33 Å². The van der Waals surface area contributed by atoms with Crippen LogP contribution in [-0.4, -0.2) is 30.7 Å². The Bertz CT molecular complexity index is 494. The first-order valence-corrected chi connectivity index (χ1v) is 4.29. The third kappa shape index (κ3) is 1.91. The average Bonchev–Trinajstić information content (AvgIpc) is 2.62. The van der Waals surface area contributed by atoms with Crippen LogP contribution in [0.5, 0.6) is 0 Å². The van der Waals surface area contributed by atoms with E-state index in [1.165, 1.54) is 17.0 Å². The fraction of sp³-hybridized carbons (Fsp3) is 0.250. The van der Waals surface area contributed by atoms with E-state index in [1.807, 2.05) is 0 Å². The van der Waals surface area contributed by atoms with Crippen molar-refractivity contribution >= 4 is 11.7 Å². The molecular formula is C8H9N5O2. The van der Waals surface area contributed by atoms with Crippen molar-refractivity contribution in [3.05, 3.63) is 24.3 Å². The van der Waals surface area contributed by atoms with Gasteiger partial charge in [0.15, 0.2) is 0 Å². The average molecular weight is 207 g/mol. The highest BCUT2D eigenvalue weighted by Gasteiger charge is 2.12. The quantitative estimate of drug-likeness (QED) is 0.709. The van der Waals surface area contributed by atoms with Gasteiger partial charge in [-0.25, -0.2) is 9.50 Å². The minimum absolute atomic E-state index is 0.137. The second-order valence-corrected chi connectivity index (χ2v) is 3.10. The van der Waals surface area contributed by atoms with Crippen molar-refractivity contribution in [2.75, 3.05) is 0 Å². The molecule has 0 aliphatic heterocycles. The van der Waals surface area contributed by atoms with Gasteiger partial charge in [0.2, 0.25) is 0 Å². The molecule has 1 atom stereocenters. The molecule has 0 aliphatic rings. The molecule has 0 saturated carbocycles. The Labute approximate surface area is 84.6 Å². The Hall–Kier alpha value is -2.02. The highest BCUT2D eigenvalue weighted by Crippen LogP contribution is 2.12. The highest BCUT2D eigenvalue weighted by atomic mass is 16.4. The summed E-state index contributed by atoms with van der Waals surface area (Å²) in [7, 11) is 0. The molecule has 7 nitrogen and oxygen atoms in total. The number of aromatic nitrogens is 4. The standard InChI is InChI=1S/C8H9N5O2/c9-6(1-7(14)15)5-2-10-8-11-4-12-13(8)3-5/h2-4,6H,1,9H2,(H,14,15). The molecule has 0 aliphatic carbocycles. The van der Waals surface area contributed by atoms with Crippen molar-refractivity contribution in [3.8, 4) is 0 Å². The molecule has 0 amide bonds. The Morgan fingerprint density at radius 2 is 2.40 bits per heavy atom. The van der Waals surface area contributed by atoms with Crippen LogP contribution < -0.4 is 5.73 Å². The Balaban J connectivity index is 2.30. The maximum atomic E-state index is 10.5. The number of carbonyl (C=O) groups is 1. The Kier molecular flexibility index (Phi) is 2.30. The van der Waals surface area contributed by atoms with E-state index < -0.39 is 12.0 Å². The minimum Gasteiger partial charge on any atom is -0.481 e. The first-order chi connectivity index (χ1) is 7.16. The summed E-state index contributed by atoms with van der Waals surface area (Å²) in [5.41, 5.74) is 6.29. The summed E-state index contributed by atoms with van der Waals surface area (Å²) in [6.45, 7) is 0. The predicted molar refractivity (Wildman–Crippen MR) is 50.0 cm³/mol. The van der Waals surface area contributed by atoms with E-state index in [2.05, 4.69) is 15.1 Å². The highest BCUT2D eigenvalue weighted by molar-refractivity contribution is 5.67. The number of aliphatic carboxylic acids is 1. The maximum Gasteiger partial charge on any atom is 0.305 e. The summed E-state index contributed by atoms with van der Waals surface area (Å²) < 4.78 is 1.46. The molecule has 2 rings (SSSR count). The molecule has 1 unspecified atom stereocenters. The largest absolute Gasteiger partial charge is 0.481 e. The minimum atomic E-state index is -0.943. The first-order valence-electron chi connectivity index (χ1n) is 4.29. The third-order valence-corrected chi connectivity index (χ3v) is 1.98. The summed E-state index contributed by atoms with van der Waals surface area (Å²) in [4.78, 5) is 18.3. The topological polar surface area (TPSA) is 106 Å². The number of nitrogens with zero attached hydrogens (tertiary/aromatic N) is 4. The van der Waals surface area contributed by atoms with Crippen molar-refractivity contribution in [2.45, 2.75) is 12.5 Å². The normalized spacial score (nSPS) is 12.9. The number of carboxylic acid groups (broad SMARTS) is 1. The van der Waals surface area contributed by atoms with E-state index in [1.54, 1.807) is 6.20 Å². The monoisotopic (exact) mass is 207 g/mol. The van der Waals surface area contributed by atoms with Crippen LogP contribution in [0.1, 0.15) is 18.0 Å². The molecule has 0 saturated heterocycles. The molecule has 2 heterocycles. The molecule has 0 aromatic carbocycles. The van der Waals surface area contributed by atoms with Crippen LogP contribution >= 0.6 is 0 Å². The zero-order chi connectivity index (χ0) is 10.8. The number of hydrogen-bond donors (Lipinski definition) is 2. The molecular weight excluding hydrogens is 198 g/mol. The third-order valence-electron chi connectivity index (χ3n) is 1.98. The lowest BCUT2D eigenvalue weighted by Crippen LogP contribution is -2.16. The number of rotatable bonds is 3. The van der Waals surface area contributed by atoms with Gasteiger partial charge in [0, 0.05) is 24.0 Å². The van der Waals surface area contributed by atoms with Crippen molar-refractivity contribution in [2.24, 2.45) is 5.73 Å². The van der Waals surface area contributed by atoms with Crippen molar-refractivity contribution in [3.63, 3.8) is 0 Å².